The van der Waals surface area contributed by atoms with Gasteiger partial charge in [-0.05, 0) is 39.4 Å². The third-order valence-corrected chi connectivity index (χ3v) is 6.19. The van der Waals surface area contributed by atoms with E-state index in [2.05, 4.69) is 0 Å². The minimum Gasteiger partial charge on any atom is -0.480 e. The topological polar surface area (TPSA) is 66.8 Å². The predicted molar refractivity (Wildman–Crippen MR) is 112 cm³/mol. The van der Waals surface area contributed by atoms with Crippen LogP contribution in [0.15, 0.2) is 66.7 Å². The second kappa shape index (κ2) is 7.54. The summed E-state index contributed by atoms with van der Waals surface area (Å²) in [4.78, 5) is 25.9. The number of nitrogens with zero attached hydrogens (tertiary/aromatic N) is 1. The van der Waals surface area contributed by atoms with Crippen LogP contribution >= 0.6 is 0 Å². The smallest absolute Gasteiger partial charge is 0.410 e. The van der Waals surface area contributed by atoms with Crippen LogP contribution in [0.3, 0.4) is 0 Å². The molecule has 1 heterocycles. The molecule has 1 N–H and O–H groups in total. The monoisotopic (exact) mass is 417 g/mol. The first kappa shape index (κ1) is 19.3. The normalized spacial score (nSPS) is 16.9. The van der Waals surface area contributed by atoms with Gasteiger partial charge in [-0.2, -0.15) is 0 Å². The Morgan fingerprint density at radius 2 is 1.61 bits per heavy atom. The summed E-state index contributed by atoms with van der Waals surface area (Å²) in [5.74, 6) is -1.74. The van der Waals surface area contributed by atoms with Gasteiger partial charge in [-0.3, -0.25) is 4.90 Å². The van der Waals surface area contributed by atoms with Crippen molar-refractivity contribution >= 4 is 12.1 Å². The summed E-state index contributed by atoms with van der Waals surface area (Å²) in [7, 11) is 0. The molecule has 0 bridgehead atoms. The number of halogens is 1. The van der Waals surface area contributed by atoms with E-state index >= 15 is 0 Å². The molecule has 1 aliphatic carbocycles. The molecule has 0 spiro atoms. The lowest BCUT2D eigenvalue weighted by Crippen LogP contribution is -2.49. The highest BCUT2D eigenvalue weighted by atomic mass is 19.1. The number of carbonyl (C=O) groups is 2. The number of amides is 1. The summed E-state index contributed by atoms with van der Waals surface area (Å²) in [6.45, 7) is 0.104. The highest BCUT2D eigenvalue weighted by molar-refractivity contribution is 5.82. The highest BCUT2D eigenvalue weighted by Gasteiger charge is 2.37. The molecule has 0 saturated carbocycles. The molecule has 0 radical (unpaired) electrons. The van der Waals surface area contributed by atoms with E-state index in [4.69, 9.17) is 4.74 Å². The second-order valence-electron chi connectivity index (χ2n) is 7.87. The lowest BCUT2D eigenvalue weighted by Gasteiger charge is -2.34. The summed E-state index contributed by atoms with van der Waals surface area (Å²) in [6, 6.07) is 19.4. The van der Waals surface area contributed by atoms with E-state index in [0.29, 0.717) is 11.1 Å². The van der Waals surface area contributed by atoms with Gasteiger partial charge in [-0.1, -0.05) is 60.7 Å². The van der Waals surface area contributed by atoms with Crippen LogP contribution in [0, 0.1) is 5.82 Å². The minimum absolute atomic E-state index is 0.000728. The summed E-state index contributed by atoms with van der Waals surface area (Å²) in [5, 5.41) is 9.64. The fourth-order valence-corrected chi connectivity index (χ4v) is 4.67. The molecule has 1 atom stereocenters. The molecular formula is C25H20FNO4. The Labute approximate surface area is 178 Å². The Kier molecular flexibility index (Phi) is 4.70. The fourth-order valence-electron chi connectivity index (χ4n) is 4.67. The van der Waals surface area contributed by atoms with Crippen LogP contribution in [0.4, 0.5) is 9.18 Å². The predicted octanol–water partition coefficient (Wildman–Crippen LogP) is 4.59. The molecule has 2 aliphatic rings. The summed E-state index contributed by atoms with van der Waals surface area (Å²) in [5.41, 5.74) is 5.34. The van der Waals surface area contributed by atoms with Crippen molar-refractivity contribution in [3.05, 3.63) is 94.8 Å². The zero-order chi connectivity index (χ0) is 21.5. The Hall–Kier alpha value is -3.67. The number of rotatable bonds is 3. The largest absolute Gasteiger partial charge is 0.480 e. The fraction of sp³-hybridized carbons (Fsp3) is 0.200. The van der Waals surface area contributed by atoms with Crippen molar-refractivity contribution in [3.8, 4) is 11.1 Å². The number of hydrogen-bond acceptors (Lipinski definition) is 3. The van der Waals surface area contributed by atoms with Crippen LogP contribution in [0.5, 0.6) is 0 Å². The van der Waals surface area contributed by atoms with Crippen molar-refractivity contribution in [2.75, 3.05) is 6.61 Å². The van der Waals surface area contributed by atoms with E-state index in [1.165, 1.54) is 11.0 Å². The van der Waals surface area contributed by atoms with Gasteiger partial charge >= 0.3 is 12.1 Å². The third kappa shape index (κ3) is 3.24. The van der Waals surface area contributed by atoms with Crippen LogP contribution < -0.4 is 0 Å². The summed E-state index contributed by atoms with van der Waals surface area (Å²) < 4.78 is 19.8. The van der Waals surface area contributed by atoms with Crippen molar-refractivity contribution in [3.63, 3.8) is 0 Å². The molecule has 156 valence electrons. The zero-order valence-corrected chi connectivity index (χ0v) is 16.6. The van der Waals surface area contributed by atoms with E-state index in [-0.39, 0.29) is 25.5 Å². The number of carboxylic acids is 1. The van der Waals surface area contributed by atoms with Crippen LogP contribution in [0.2, 0.25) is 0 Å². The van der Waals surface area contributed by atoms with E-state index in [1.807, 2.05) is 48.5 Å². The average molecular weight is 417 g/mol. The first-order valence-corrected chi connectivity index (χ1v) is 10.2. The number of benzene rings is 3. The van der Waals surface area contributed by atoms with Gasteiger partial charge in [-0.15, -0.1) is 0 Å². The lowest BCUT2D eigenvalue weighted by molar-refractivity contribution is -0.143. The standard InChI is InChI=1S/C25H20FNO4/c26-22-11-5-6-15-13-27(23(24(28)29)12-20(15)22)25(30)31-14-21-18-9-3-1-7-16(18)17-8-2-4-10-19(17)21/h1-11,21,23H,12-14H2,(H,28,29). The van der Waals surface area contributed by atoms with Gasteiger partial charge in [0.1, 0.15) is 18.5 Å². The second-order valence-corrected chi connectivity index (χ2v) is 7.87. The summed E-state index contributed by atoms with van der Waals surface area (Å²) in [6.07, 6.45) is -0.786. The van der Waals surface area contributed by atoms with Crippen LogP contribution in [0.25, 0.3) is 11.1 Å². The Morgan fingerprint density at radius 1 is 0.968 bits per heavy atom. The average Bonchev–Trinajstić information content (AvgIpc) is 3.10. The van der Waals surface area contributed by atoms with E-state index in [9.17, 15) is 19.1 Å². The van der Waals surface area contributed by atoms with Gasteiger partial charge in [0.2, 0.25) is 0 Å². The quantitative estimate of drug-likeness (QED) is 0.677. The van der Waals surface area contributed by atoms with E-state index in [1.54, 1.807) is 12.1 Å². The van der Waals surface area contributed by atoms with Crippen molar-refractivity contribution in [2.45, 2.75) is 24.9 Å². The first-order valence-electron chi connectivity index (χ1n) is 10.2. The number of fused-ring (bicyclic) bond motifs is 4. The maximum atomic E-state index is 14.1. The third-order valence-electron chi connectivity index (χ3n) is 6.19. The number of aliphatic carboxylic acids is 1. The molecule has 0 aromatic heterocycles. The first-order chi connectivity index (χ1) is 15.0. The molecule has 31 heavy (non-hydrogen) atoms. The van der Waals surface area contributed by atoms with Gasteiger partial charge in [0, 0.05) is 12.3 Å². The molecule has 6 heteroatoms. The zero-order valence-electron chi connectivity index (χ0n) is 16.6. The summed E-state index contributed by atoms with van der Waals surface area (Å²) >= 11 is 0. The van der Waals surface area contributed by atoms with E-state index < -0.39 is 23.9 Å². The van der Waals surface area contributed by atoms with Crippen molar-refractivity contribution in [1.82, 2.24) is 4.90 Å². The Balaban J connectivity index is 1.39. The van der Waals surface area contributed by atoms with Gasteiger partial charge in [0.25, 0.3) is 0 Å². The van der Waals surface area contributed by atoms with Crippen molar-refractivity contribution < 1.29 is 23.8 Å². The molecule has 1 unspecified atom stereocenters. The molecule has 1 amide bonds. The number of ether oxygens (including phenoxy) is 1. The molecule has 1 aliphatic heterocycles. The lowest BCUT2D eigenvalue weighted by atomic mass is 9.94. The molecule has 3 aromatic carbocycles. The molecular weight excluding hydrogens is 397 g/mol. The minimum atomic E-state index is -1.18. The number of carbonyl (C=O) groups excluding carboxylic acids is 1. The molecule has 0 fully saturated rings. The maximum Gasteiger partial charge on any atom is 0.410 e. The van der Waals surface area contributed by atoms with Gasteiger partial charge < -0.3 is 9.84 Å². The highest BCUT2D eigenvalue weighted by Crippen LogP contribution is 2.44. The van der Waals surface area contributed by atoms with Crippen LogP contribution in [0.1, 0.15) is 28.2 Å². The van der Waals surface area contributed by atoms with Gasteiger partial charge in [-0.25, -0.2) is 14.0 Å². The van der Waals surface area contributed by atoms with Gasteiger partial charge in [0.15, 0.2) is 0 Å². The molecule has 5 rings (SSSR count). The maximum absolute atomic E-state index is 14.1. The molecule has 3 aromatic rings. The van der Waals surface area contributed by atoms with Crippen LogP contribution in [-0.2, 0) is 22.5 Å². The Morgan fingerprint density at radius 3 is 2.26 bits per heavy atom. The molecule has 5 nitrogen and oxygen atoms in total. The number of hydrogen-bond donors (Lipinski definition) is 1. The SMILES string of the molecule is O=C(O)C1Cc2c(F)cccc2CN1C(=O)OCC1c2ccccc2-c2ccccc21. The molecule has 0 saturated heterocycles. The van der Waals surface area contributed by atoms with E-state index in [0.717, 1.165) is 22.3 Å². The Bertz CT molecular complexity index is 1150. The van der Waals surface area contributed by atoms with Crippen molar-refractivity contribution in [2.24, 2.45) is 0 Å². The van der Waals surface area contributed by atoms with Crippen molar-refractivity contribution in [1.29, 1.82) is 0 Å². The van der Waals surface area contributed by atoms with Gasteiger partial charge in [0.05, 0.1) is 6.54 Å². The van der Waals surface area contributed by atoms with Crippen LogP contribution in [-0.4, -0.2) is 34.7 Å². The number of carboxylic acid groups (broad SMARTS) is 1.